The maximum atomic E-state index is 13.0. The fraction of sp³-hybridized carbons (Fsp3) is 0.143. The van der Waals surface area contributed by atoms with Crippen molar-refractivity contribution in [1.82, 2.24) is 0 Å². The third-order valence-corrected chi connectivity index (χ3v) is 2.17. The van der Waals surface area contributed by atoms with Crippen LogP contribution in [0.25, 0.3) is 0 Å². The van der Waals surface area contributed by atoms with E-state index in [-0.39, 0.29) is 5.69 Å². The number of nitrogens with one attached hydrogen (secondary N) is 1. The van der Waals surface area contributed by atoms with Gasteiger partial charge in [0.1, 0.15) is 5.69 Å². The molecule has 0 heterocycles. The number of hydrogen-bond donors (Lipinski definition) is 1. The molecule has 4 nitrogen and oxygen atoms in total. The van der Waals surface area contributed by atoms with Crippen molar-refractivity contribution in [3.05, 3.63) is 32.5 Å². The number of nitro benzene ring substituents is 1. The molecule has 6 heteroatoms. The Kier molecular flexibility index (Phi) is 2.82. The van der Waals surface area contributed by atoms with Gasteiger partial charge in [-0.25, -0.2) is 0 Å². The minimum absolute atomic E-state index is 0.144. The molecule has 70 valence electrons. The molecule has 1 N–H and O–H groups in total. The summed E-state index contributed by atoms with van der Waals surface area (Å²) in [5.41, 5.74) is -0.401. The average molecular weight is 249 g/mol. The summed E-state index contributed by atoms with van der Waals surface area (Å²) in [6.07, 6.45) is 0. The first kappa shape index (κ1) is 9.91. The van der Waals surface area contributed by atoms with Crippen LogP contribution in [0.1, 0.15) is 0 Å². The van der Waals surface area contributed by atoms with Crippen molar-refractivity contribution < 1.29 is 9.31 Å². The van der Waals surface area contributed by atoms with E-state index in [1.807, 2.05) is 0 Å². The van der Waals surface area contributed by atoms with Crippen molar-refractivity contribution in [2.24, 2.45) is 0 Å². The molecule has 13 heavy (non-hydrogen) atoms. The maximum absolute atomic E-state index is 13.0. The molecular weight excluding hydrogens is 243 g/mol. The van der Waals surface area contributed by atoms with Gasteiger partial charge in [-0.3, -0.25) is 10.1 Å². The van der Waals surface area contributed by atoms with Crippen molar-refractivity contribution in [2.75, 3.05) is 12.4 Å². The number of nitro groups is 1. The first-order valence-electron chi connectivity index (χ1n) is 3.38. The molecule has 0 atom stereocenters. The van der Waals surface area contributed by atoms with Gasteiger partial charge in [0.25, 0.3) is 0 Å². The Morgan fingerprint density at radius 3 is 2.62 bits per heavy atom. The molecular formula is C7H6BrFN2O2. The minimum Gasteiger partial charge on any atom is -0.382 e. The number of anilines is 1. The summed E-state index contributed by atoms with van der Waals surface area (Å²) in [4.78, 5) is 9.70. The normalized spacial score (nSPS) is 9.77. The Balaban J connectivity index is 3.43. The van der Waals surface area contributed by atoms with E-state index in [1.165, 1.54) is 13.1 Å². The molecule has 0 unspecified atom stereocenters. The maximum Gasteiger partial charge on any atom is 0.328 e. The van der Waals surface area contributed by atoms with E-state index >= 15 is 0 Å². The Morgan fingerprint density at radius 1 is 1.62 bits per heavy atom. The monoisotopic (exact) mass is 248 g/mol. The van der Waals surface area contributed by atoms with Crippen LogP contribution in [0.5, 0.6) is 0 Å². The third kappa shape index (κ3) is 1.77. The lowest BCUT2D eigenvalue weighted by molar-refractivity contribution is -0.386. The van der Waals surface area contributed by atoms with Gasteiger partial charge in [-0.2, -0.15) is 4.39 Å². The van der Waals surface area contributed by atoms with E-state index in [4.69, 9.17) is 0 Å². The fourth-order valence-corrected chi connectivity index (χ4v) is 1.48. The Labute approximate surface area is 82.0 Å². The lowest BCUT2D eigenvalue weighted by atomic mass is 10.2. The number of hydrogen-bond acceptors (Lipinski definition) is 3. The summed E-state index contributed by atoms with van der Waals surface area (Å²) < 4.78 is 13.4. The predicted molar refractivity (Wildman–Crippen MR) is 50.3 cm³/mol. The number of nitrogens with zero attached hydrogens (tertiary/aromatic N) is 1. The summed E-state index contributed by atoms with van der Waals surface area (Å²) in [5, 5.41) is 13.0. The second kappa shape index (κ2) is 3.69. The Morgan fingerprint density at radius 2 is 2.23 bits per heavy atom. The zero-order valence-electron chi connectivity index (χ0n) is 6.67. The molecule has 1 rings (SSSR count). The van der Waals surface area contributed by atoms with Crippen molar-refractivity contribution in [3.8, 4) is 0 Å². The summed E-state index contributed by atoms with van der Waals surface area (Å²) in [6.45, 7) is 0. The third-order valence-electron chi connectivity index (χ3n) is 1.51. The standard InChI is InChI=1S/C7H6BrFN2O2/c1-10-6-4(8)2-3-5(9)7(6)11(12)13/h2-3,10H,1H3. The van der Waals surface area contributed by atoms with Crippen LogP contribution in [0.15, 0.2) is 16.6 Å². The highest BCUT2D eigenvalue weighted by Crippen LogP contribution is 2.34. The average Bonchev–Trinajstić information content (AvgIpc) is 2.07. The smallest absolute Gasteiger partial charge is 0.328 e. The second-order valence-electron chi connectivity index (χ2n) is 2.26. The summed E-state index contributed by atoms with van der Waals surface area (Å²) in [7, 11) is 1.49. The van der Waals surface area contributed by atoms with Gasteiger partial charge in [0.15, 0.2) is 0 Å². The van der Waals surface area contributed by atoms with Crippen molar-refractivity contribution in [2.45, 2.75) is 0 Å². The lowest BCUT2D eigenvalue weighted by Gasteiger charge is -2.04. The summed E-state index contributed by atoms with van der Waals surface area (Å²) in [5.74, 6) is -0.849. The van der Waals surface area contributed by atoms with Crippen LogP contribution in [0.2, 0.25) is 0 Å². The number of halogens is 2. The first-order chi connectivity index (χ1) is 6.07. The van der Waals surface area contributed by atoms with E-state index in [0.717, 1.165) is 6.07 Å². The molecule has 0 saturated heterocycles. The Bertz CT molecular complexity index is 357. The highest BCUT2D eigenvalue weighted by Gasteiger charge is 2.21. The zero-order valence-corrected chi connectivity index (χ0v) is 8.26. The van der Waals surface area contributed by atoms with Crippen molar-refractivity contribution in [1.29, 1.82) is 0 Å². The molecule has 0 fully saturated rings. The topological polar surface area (TPSA) is 55.2 Å². The largest absolute Gasteiger partial charge is 0.382 e. The molecule has 1 aromatic rings. The van der Waals surface area contributed by atoms with Gasteiger partial charge in [-0.15, -0.1) is 0 Å². The SMILES string of the molecule is CNc1c(Br)ccc(F)c1[N+](=O)[O-]. The molecule has 0 aliphatic heterocycles. The number of benzene rings is 1. The fourth-order valence-electron chi connectivity index (χ4n) is 0.957. The van der Waals surface area contributed by atoms with Crippen LogP contribution in [0.3, 0.4) is 0 Å². The van der Waals surface area contributed by atoms with Gasteiger partial charge in [0.05, 0.1) is 4.92 Å². The molecule has 0 radical (unpaired) electrons. The van der Waals surface area contributed by atoms with E-state index in [2.05, 4.69) is 21.2 Å². The molecule has 0 saturated carbocycles. The van der Waals surface area contributed by atoms with E-state index < -0.39 is 16.4 Å². The van der Waals surface area contributed by atoms with Gasteiger partial charge in [-0.05, 0) is 28.1 Å². The molecule has 0 aromatic heterocycles. The van der Waals surface area contributed by atoms with Crippen molar-refractivity contribution in [3.63, 3.8) is 0 Å². The lowest BCUT2D eigenvalue weighted by Crippen LogP contribution is -2.00. The molecule has 0 amide bonds. The Hall–Kier alpha value is -1.17. The van der Waals surface area contributed by atoms with Crippen LogP contribution >= 0.6 is 15.9 Å². The van der Waals surface area contributed by atoms with Gasteiger partial charge < -0.3 is 5.32 Å². The van der Waals surface area contributed by atoms with E-state index in [0.29, 0.717) is 4.47 Å². The zero-order chi connectivity index (χ0) is 10.0. The van der Waals surface area contributed by atoms with Gasteiger partial charge in [0.2, 0.25) is 5.82 Å². The minimum atomic E-state index is -0.849. The van der Waals surface area contributed by atoms with Gasteiger partial charge in [0, 0.05) is 11.5 Å². The highest BCUT2D eigenvalue weighted by molar-refractivity contribution is 9.10. The summed E-state index contributed by atoms with van der Waals surface area (Å²) >= 11 is 3.08. The van der Waals surface area contributed by atoms with Gasteiger partial charge >= 0.3 is 5.69 Å². The molecule has 0 aliphatic carbocycles. The van der Waals surface area contributed by atoms with Crippen LogP contribution in [0.4, 0.5) is 15.8 Å². The summed E-state index contributed by atoms with van der Waals surface area (Å²) in [6, 6.07) is 2.46. The van der Waals surface area contributed by atoms with Crippen LogP contribution in [0, 0.1) is 15.9 Å². The van der Waals surface area contributed by atoms with Gasteiger partial charge in [-0.1, -0.05) is 0 Å². The van der Waals surface area contributed by atoms with Crippen LogP contribution in [-0.4, -0.2) is 12.0 Å². The quantitative estimate of drug-likeness (QED) is 0.647. The second-order valence-corrected chi connectivity index (χ2v) is 3.11. The van der Waals surface area contributed by atoms with Crippen LogP contribution < -0.4 is 5.32 Å². The molecule has 0 bridgehead atoms. The van der Waals surface area contributed by atoms with Crippen molar-refractivity contribution >= 4 is 27.3 Å². The van der Waals surface area contributed by atoms with E-state index in [9.17, 15) is 14.5 Å². The molecule has 0 spiro atoms. The highest BCUT2D eigenvalue weighted by atomic mass is 79.9. The van der Waals surface area contributed by atoms with E-state index in [1.54, 1.807) is 0 Å². The predicted octanol–water partition coefficient (Wildman–Crippen LogP) is 2.54. The first-order valence-corrected chi connectivity index (χ1v) is 4.17. The molecule has 0 aliphatic rings. The van der Waals surface area contributed by atoms with Crippen LogP contribution in [-0.2, 0) is 0 Å². The number of rotatable bonds is 2. The molecule has 1 aromatic carbocycles.